The molecule has 1 fully saturated rings. The van der Waals surface area contributed by atoms with E-state index < -0.39 is 24.4 Å². The van der Waals surface area contributed by atoms with Crippen molar-refractivity contribution in [1.29, 1.82) is 0 Å². The van der Waals surface area contributed by atoms with Crippen LogP contribution in [0.3, 0.4) is 0 Å². The Labute approximate surface area is 186 Å². The summed E-state index contributed by atoms with van der Waals surface area (Å²) in [6.07, 6.45) is -0.0310. The second-order valence-electron chi connectivity index (χ2n) is 8.05. The molecule has 168 valence electrons. The average Bonchev–Trinajstić information content (AvgIpc) is 2.83. The summed E-state index contributed by atoms with van der Waals surface area (Å²) in [4.78, 5) is 10.3. The summed E-state index contributed by atoms with van der Waals surface area (Å²) in [6.45, 7) is 1.02. The fraction of sp³-hybridized carbons (Fsp3) is 0.333. The van der Waals surface area contributed by atoms with E-state index in [4.69, 9.17) is 0 Å². The number of piperidine rings is 1. The number of rotatable bonds is 7. The number of aliphatic hydroxyl groups is 4. The molecule has 1 aromatic heterocycles. The van der Waals surface area contributed by atoms with Crippen molar-refractivity contribution in [2.24, 2.45) is 0 Å². The maximum absolute atomic E-state index is 10.1. The van der Waals surface area contributed by atoms with Gasteiger partial charge in [-0.3, -0.25) is 4.90 Å². The van der Waals surface area contributed by atoms with Gasteiger partial charge in [0.2, 0.25) is 0 Å². The molecule has 1 saturated heterocycles. The zero-order chi connectivity index (χ0) is 22.5. The van der Waals surface area contributed by atoms with Crippen LogP contribution in [0.1, 0.15) is 11.1 Å². The van der Waals surface area contributed by atoms with Crippen LogP contribution in [-0.4, -0.2) is 72.8 Å². The third-order valence-corrected chi connectivity index (χ3v) is 5.83. The molecule has 2 aromatic carbocycles. The van der Waals surface area contributed by atoms with Crippen molar-refractivity contribution in [1.82, 2.24) is 14.9 Å². The van der Waals surface area contributed by atoms with Gasteiger partial charge in [0.15, 0.2) is 5.82 Å². The summed E-state index contributed by atoms with van der Waals surface area (Å²) < 4.78 is 0. The summed E-state index contributed by atoms with van der Waals surface area (Å²) in [5.74, 6) is 0.696. The van der Waals surface area contributed by atoms with Crippen LogP contribution in [0, 0.1) is 0 Å². The lowest BCUT2D eigenvalue weighted by molar-refractivity contribution is -0.147. The summed E-state index contributed by atoms with van der Waals surface area (Å²) in [5, 5.41) is 42.9. The lowest BCUT2D eigenvalue weighted by Gasteiger charge is -2.43. The average molecular weight is 437 g/mol. The summed E-state index contributed by atoms with van der Waals surface area (Å²) >= 11 is 0. The number of anilines is 1. The molecule has 5 N–H and O–H groups in total. The molecular formula is C24H28N4O4. The van der Waals surface area contributed by atoms with Gasteiger partial charge in [0.1, 0.15) is 12.2 Å². The van der Waals surface area contributed by atoms with Crippen molar-refractivity contribution >= 4 is 5.69 Å². The number of β-amino-alcohol motifs (C(OH)–C–C–N with tert-alkyl or cyclic N) is 1. The normalized spacial score (nSPS) is 23.8. The van der Waals surface area contributed by atoms with E-state index in [0.29, 0.717) is 18.9 Å². The molecule has 4 atom stereocenters. The van der Waals surface area contributed by atoms with Gasteiger partial charge in [0.05, 0.1) is 18.8 Å². The molecule has 0 radical (unpaired) electrons. The van der Waals surface area contributed by atoms with E-state index in [-0.39, 0.29) is 13.2 Å². The van der Waals surface area contributed by atoms with Crippen LogP contribution < -0.4 is 5.32 Å². The van der Waals surface area contributed by atoms with E-state index >= 15 is 0 Å². The SMILES string of the molecule is OC[C@@H]1[C@@H](O)[C@H](O)[C@@H](O)CN1Cc1ccc(CNc2ccc(-c3ncccn3)cc2)cc1. The predicted octanol–water partition coefficient (Wildman–Crippen LogP) is 1.01. The lowest BCUT2D eigenvalue weighted by atomic mass is 9.93. The second-order valence-corrected chi connectivity index (χ2v) is 8.05. The van der Waals surface area contributed by atoms with Crippen LogP contribution in [0.25, 0.3) is 11.4 Å². The van der Waals surface area contributed by atoms with Gasteiger partial charge in [-0.25, -0.2) is 9.97 Å². The highest BCUT2D eigenvalue weighted by Gasteiger charge is 2.40. The second kappa shape index (κ2) is 10.2. The molecule has 8 nitrogen and oxygen atoms in total. The molecule has 0 amide bonds. The highest BCUT2D eigenvalue weighted by molar-refractivity contribution is 5.59. The van der Waals surface area contributed by atoms with Gasteiger partial charge in [0.25, 0.3) is 0 Å². The number of hydrogen-bond donors (Lipinski definition) is 5. The fourth-order valence-electron chi connectivity index (χ4n) is 3.95. The third kappa shape index (κ3) is 5.12. The Hall–Kier alpha value is -2.88. The number of nitrogens with zero attached hydrogens (tertiary/aromatic N) is 3. The third-order valence-electron chi connectivity index (χ3n) is 5.83. The first-order valence-electron chi connectivity index (χ1n) is 10.6. The molecule has 1 aliphatic heterocycles. The monoisotopic (exact) mass is 436 g/mol. The molecule has 0 saturated carbocycles. The smallest absolute Gasteiger partial charge is 0.159 e. The maximum Gasteiger partial charge on any atom is 0.159 e. The van der Waals surface area contributed by atoms with Gasteiger partial charge >= 0.3 is 0 Å². The fourth-order valence-corrected chi connectivity index (χ4v) is 3.95. The van der Waals surface area contributed by atoms with Crippen molar-refractivity contribution in [2.75, 3.05) is 18.5 Å². The van der Waals surface area contributed by atoms with Crippen molar-refractivity contribution in [3.8, 4) is 11.4 Å². The minimum absolute atomic E-state index is 0.191. The molecule has 4 rings (SSSR count). The molecule has 0 unspecified atom stereocenters. The minimum atomic E-state index is -1.24. The first-order valence-corrected chi connectivity index (χ1v) is 10.6. The number of hydrogen-bond acceptors (Lipinski definition) is 8. The number of aromatic nitrogens is 2. The summed E-state index contributed by atoms with van der Waals surface area (Å²) in [7, 11) is 0. The summed E-state index contributed by atoms with van der Waals surface area (Å²) in [5.41, 5.74) is 4.06. The van der Waals surface area contributed by atoms with Crippen LogP contribution >= 0.6 is 0 Å². The van der Waals surface area contributed by atoms with Gasteiger partial charge in [-0.2, -0.15) is 0 Å². The Morgan fingerprint density at radius 1 is 0.875 bits per heavy atom. The molecular weight excluding hydrogens is 408 g/mol. The van der Waals surface area contributed by atoms with Crippen molar-refractivity contribution in [2.45, 2.75) is 37.4 Å². The number of nitrogens with one attached hydrogen (secondary N) is 1. The minimum Gasteiger partial charge on any atom is -0.395 e. The largest absolute Gasteiger partial charge is 0.395 e. The highest BCUT2D eigenvalue weighted by Crippen LogP contribution is 2.22. The van der Waals surface area contributed by atoms with Crippen LogP contribution in [0.5, 0.6) is 0 Å². The molecule has 0 bridgehead atoms. The zero-order valence-corrected chi connectivity index (χ0v) is 17.6. The van der Waals surface area contributed by atoms with Gasteiger partial charge in [-0.05, 0) is 41.5 Å². The molecule has 1 aliphatic rings. The molecule has 32 heavy (non-hydrogen) atoms. The Morgan fingerprint density at radius 3 is 2.19 bits per heavy atom. The van der Waals surface area contributed by atoms with Crippen LogP contribution in [0.2, 0.25) is 0 Å². The van der Waals surface area contributed by atoms with E-state index in [9.17, 15) is 20.4 Å². The molecule has 3 aromatic rings. The Morgan fingerprint density at radius 2 is 1.53 bits per heavy atom. The lowest BCUT2D eigenvalue weighted by Crippen LogP contribution is -2.62. The number of benzene rings is 2. The van der Waals surface area contributed by atoms with E-state index in [2.05, 4.69) is 15.3 Å². The number of likely N-dealkylation sites (tertiary alicyclic amines) is 1. The van der Waals surface area contributed by atoms with E-state index in [1.54, 1.807) is 23.4 Å². The number of aliphatic hydroxyl groups excluding tert-OH is 4. The van der Waals surface area contributed by atoms with Crippen LogP contribution in [0.4, 0.5) is 5.69 Å². The quantitative estimate of drug-likeness (QED) is 0.372. The molecule has 8 heteroatoms. The first kappa shape index (κ1) is 22.3. The topological polar surface area (TPSA) is 122 Å². The van der Waals surface area contributed by atoms with Gasteiger partial charge in [-0.1, -0.05) is 24.3 Å². The maximum atomic E-state index is 10.1. The van der Waals surface area contributed by atoms with E-state index in [1.165, 1.54) is 0 Å². The molecule has 0 spiro atoms. The predicted molar refractivity (Wildman–Crippen MR) is 121 cm³/mol. The van der Waals surface area contributed by atoms with Gasteiger partial charge in [0, 0.05) is 43.3 Å². The van der Waals surface area contributed by atoms with E-state index in [1.807, 2.05) is 48.5 Å². The Kier molecular flexibility index (Phi) is 7.09. The Balaban J connectivity index is 1.33. The molecule has 0 aliphatic carbocycles. The standard InChI is InChI=1S/C24H28N4O4/c29-15-20-22(31)23(32)21(30)14-28(20)13-17-4-2-16(3-5-17)12-27-19-8-6-18(7-9-19)24-25-10-1-11-26-24/h1-11,20-23,27,29-32H,12-15H2/t20-,21+,22-,23-/m1/s1. The van der Waals surface area contributed by atoms with Crippen LogP contribution in [-0.2, 0) is 13.1 Å². The first-order chi connectivity index (χ1) is 15.5. The zero-order valence-electron chi connectivity index (χ0n) is 17.6. The van der Waals surface area contributed by atoms with Crippen LogP contribution in [0.15, 0.2) is 67.0 Å². The highest BCUT2D eigenvalue weighted by atomic mass is 16.4. The van der Waals surface area contributed by atoms with Crippen molar-refractivity contribution in [3.63, 3.8) is 0 Å². The molecule has 2 heterocycles. The Bertz CT molecular complexity index is 985. The summed E-state index contributed by atoms with van der Waals surface area (Å²) in [6, 6.07) is 17.2. The van der Waals surface area contributed by atoms with E-state index in [0.717, 1.165) is 22.4 Å². The van der Waals surface area contributed by atoms with Crippen molar-refractivity contribution in [3.05, 3.63) is 78.1 Å². The van der Waals surface area contributed by atoms with Crippen molar-refractivity contribution < 1.29 is 20.4 Å². The van der Waals surface area contributed by atoms with Gasteiger partial charge < -0.3 is 25.7 Å². The van der Waals surface area contributed by atoms with Gasteiger partial charge in [-0.15, -0.1) is 0 Å².